The lowest BCUT2D eigenvalue weighted by Gasteiger charge is -2.37. The zero-order valence-corrected chi connectivity index (χ0v) is 48.5. The summed E-state index contributed by atoms with van der Waals surface area (Å²) in [5.41, 5.74) is 22.2. The quantitative estimate of drug-likeness (QED) is 0.102. The molecule has 0 atom stereocenters. The first-order valence-corrected chi connectivity index (χ1v) is 30.5. The summed E-state index contributed by atoms with van der Waals surface area (Å²) in [4.78, 5) is 0. The van der Waals surface area contributed by atoms with E-state index in [1.807, 2.05) is 0 Å². The molecule has 0 saturated carbocycles. The van der Waals surface area contributed by atoms with E-state index >= 15 is 0 Å². The summed E-state index contributed by atoms with van der Waals surface area (Å²) >= 11 is 0. The third-order valence-corrected chi connectivity index (χ3v) is 18.4. The van der Waals surface area contributed by atoms with Crippen molar-refractivity contribution >= 4 is 43.6 Å². The molecule has 0 bridgehead atoms. The van der Waals surface area contributed by atoms with Gasteiger partial charge in [-0.1, -0.05) is 297 Å². The number of nitrogens with zero attached hydrogens (tertiary/aromatic N) is 2. The molecule has 2 heteroatoms. The molecular formula is C86H60N2. The van der Waals surface area contributed by atoms with Crippen LogP contribution in [-0.2, 0) is 10.8 Å². The van der Waals surface area contributed by atoms with Crippen LogP contribution in [-0.4, -0.2) is 9.13 Å². The molecule has 0 radical (unpaired) electrons. The number of rotatable bonds is 13. The minimum Gasteiger partial charge on any atom is -0.309 e. The van der Waals surface area contributed by atoms with Gasteiger partial charge in [0, 0.05) is 32.9 Å². The number of fused-ring (bicyclic) bond motifs is 6. The van der Waals surface area contributed by atoms with Crippen LogP contribution < -0.4 is 0 Å². The van der Waals surface area contributed by atoms with Crippen LogP contribution in [0, 0.1) is 0 Å². The first-order valence-electron chi connectivity index (χ1n) is 30.5. The van der Waals surface area contributed by atoms with Gasteiger partial charge in [0.1, 0.15) is 0 Å². The highest BCUT2D eigenvalue weighted by atomic mass is 15.0. The Morgan fingerprint density at radius 2 is 0.500 bits per heavy atom. The molecular weight excluding hydrogens is 1060 g/mol. The molecule has 14 aromatic carbocycles. The molecule has 2 aromatic heterocycles. The van der Waals surface area contributed by atoms with E-state index < -0.39 is 10.8 Å². The van der Waals surface area contributed by atoms with Crippen LogP contribution in [0.2, 0.25) is 0 Å². The molecule has 16 aromatic rings. The fourth-order valence-electron chi connectivity index (χ4n) is 14.7. The molecule has 0 aliphatic carbocycles. The van der Waals surface area contributed by atoms with E-state index in [4.69, 9.17) is 0 Å². The highest BCUT2D eigenvalue weighted by Crippen LogP contribution is 2.51. The lowest BCUT2D eigenvalue weighted by Crippen LogP contribution is -2.31. The van der Waals surface area contributed by atoms with Gasteiger partial charge in [0.15, 0.2) is 0 Å². The fourth-order valence-corrected chi connectivity index (χ4v) is 14.7. The van der Waals surface area contributed by atoms with Crippen molar-refractivity contribution in [2.75, 3.05) is 0 Å². The zero-order chi connectivity index (χ0) is 58.4. The Bertz CT molecular complexity index is 4780. The first-order chi connectivity index (χ1) is 43.7. The van der Waals surface area contributed by atoms with E-state index in [0.29, 0.717) is 0 Å². The van der Waals surface area contributed by atoms with E-state index in [2.05, 4.69) is 373 Å². The second kappa shape index (κ2) is 21.9. The monoisotopic (exact) mass is 1120 g/mol. The third-order valence-electron chi connectivity index (χ3n) is 18.4. The van der Waals surface area contributed by atoms with Crippen molar-refractivity contribution < 1.29 is 0 Å². The Morgan fingerprint density at radius 3 is 0.920 bits per heavy atom. The predicted molar refractivity (Wildman–Crippen MR) is 368 cm³/mol. The molecule has 0 aliphatic rings. The molecule has 414 valence electrons. The molecule has 0 N–H and O–H groups in total. The first kappa shape index (κ1) is 52.3. The Kier molecular flexibility index (Phi) is 13.0. The van der Waals surface area contributed by atoms with Crippen molar-refractivity contribution in [3.05, 3.63) is 408 Å². The molecule has 2 nitrogen and oxygen atoms in total. The van der Waals surface area contributed by atoms with Gasteiger partial charge >= 0.3 is 0 Å². The van der Waals surface area contributed by atoms with Crippen LogP contribution in [0.5, 0.6) is 0 Å². The molecule has 0 spiro atoms. The van der Waals surface area contributed by atoms with Crippen LogP contribution in [0.3, 0.4) is 0 Å². The van der Waals surface area contributed by atoms with Gasteiger partial charge in [-0.25, -0.2) is 0 Å². The Labute approximate surface area is 513 Å². The lowest BCUT2D eigenvalue weighted by atomic mass is 9.64. The lowest BCUT2D eigenvalue weighted by molar-refractivity contribution is 0.745. The summed E-state index contributed by atoms with van der Waals surface area (Å²) in [5.74, 6) is 0. The number of para-hydroxylation sites is 3. The molecule has 0 unspecified atom stereocenters. The van der Waals surface area contributed by atoms with Crippen molar-refractivity contribution in [2.45, 2.75) is 10.8 Å². The van der Waals surface area contributed by atoms with Gasteiger partial charge in [0.2, 0.25) is 0 Å². The van der Waals surface area contributed by atoms with Crippen molar-refractivity contribution in [3.8, 4) is 44.8 Å². The highest BCUT2D eigenvalue weighted by molar-refractivity contribution is 6.13. The summed E-state index contributed by atoms with van der Waals surface area (Å²) < 4.78 is 4.86. The molecule has 0 amide bonds. The number of hydrogen-bond donors (Lipinski definition) is 0. The molecule has 88 heavy (non-hydrogen) atoms. The Balaban J connectivity index is 0.949. The zero-order valence-electron chi connectivity index (χ0n) is 48.5. The number of aromatic nitrogens is 2. The minimum absolute atomic E-state index is 0.637. The maximum Gasteiger partial charge on any atom is 0.0701 e. The normalized spacial score (nSPS) is 11.9. The molecule has 0 aliphatic heterocycles. The maximum absolute atomic E-state index is 2.47. The van der Waals surface area contributed by atoms with Crippen molar-refractivity contribution in [1.82, 2.24) is 9.13 Å². The van der Waals surface area contributed by atoms with Gasteiger partial charge < -0.3 is 9.13 Å². The van der Waals surface area contributed by atoms with E-state index in [-0.39, 0.29) is 0 Å². The second-order valence-corrected chi connectivity index (χ2v) is 23.1. The largest absolute Gasteiger partial charge is 0.309 e. The van der Waals surface area contributed by atoms with Crippen LogP contribution in [0.15, 0.2) is 364 Å². The second-order valence-electron chi connectivity index (χ2n) is 23.1. The van der Waals surface area contributed by atoms with Gasteiger partial charge in [-0.3, -0.25) is 0 Å². The number of benzene rings is 14. The minimum atomic E-state index is -0.637. The van der Waals surface area contributed by atoms with Crippen molar-refractivity contribution in [3.63, 3.8) is 0 Å². The third kappa shape index (κ3) is 8.48. The van der Waals surface area contributed by atoms with E-state index in [1.54, 1.807) is 0 Å². The smallest absolute Gasteiger partial charge is 0.0701 e. The number of hydrogen-bond acceptors (Lipinski definition) is 0. The summed E-state index contributed by atoms with van der Waals surface area (Å²) in [5, 5.41) is 4.83. The van der Waals surface area contributed by atoms with Crippen molar-refractivity contribution in [1.29, 1.82) is 0 Å². The summed E-state index contributed by atoms with van der Waals surface area (Å²) in [7, 11) is 0. The fraction of sp³-hybridized carbons (Fsp3) is 0.0233. The summed E-state index contributed by atoms with van der Waals surface area (Å²) in [6.45, 7) is 0. The summed E-state index contributed by atoms with van der Waals surface area (Å²) in [6, 6.07) is 135. The summed E-state index contributed by atoms with van der Waals surface area (Å²) in [6.07, 6.45) is 0. The topological polar surface area (TPSA) is 9.86 Å². The van der Waals surface area contributed by atoms with Gasteiger partial charge in [-0.15, -0.1) is 0 Å². The van der Waals surface area contributed by atoms with E-state index in [9.17, 15) is 0 Å². The SMILES string of the molecule is c1ccc(-n2c3ccccc3c3cc(-n4c5ccccc5c5cc(-c6c(-c7cccc(C(c8ccccc8)(c8ccccc8)c8ccccc8)c7)cccc6-c6cccc(C(c7ccccc7)(c7ccccc7)c7ccccc7)c6)ccc54)ccc32)cc1. The predicted octanol–water partition coefficient (Wildman–Crippen LogP) is 21.6. The highest BCUT2D eigenvalue weighted by Gasteiger charge is 2.40. The van der Waals surface area contributed by atoms with Gasteiger partial charge in [0.05, 0.1) is 32.9 Å². The van der Waals surface area contributed by atoms with Crippen molar-refractivity contribution in [2.24, 2.45) is 0 Å². The average molecular weight is 1120 g/mol. The standard InChI is InChI=1S/C86H60N2/c1-8-31-64(32-9-1)85(65-33-10-2-11-34-65,66-35-12-3-13-36-66)70-43-26-29-61(57-70)74-49-28-50-75(62-30-27-44-71(58-62)86(67-37-14-4-15-38-67,68-39-16-5-17-40-68)69-41-18-6-19-42-69)84(74)63-53-55-82-78(59-63)76-47-22-25-52-81(76)88(82)73-54-56-83-79(60-73)77-48-23-24-51-80(77)87(83)72-45-20-7-21-46-72/h1-60H. The van der Waals surface area contributed by atoms with Gasteiger partial charge in [-0.2, -0.15) is 0 Å². The van der Waals surface area contributed by atoms with Crippen LogP contribution >= 0.6 is 0 Å². The van der Waals surface area contributed by atoms with Crippen LogP contribution in [0.1, 0.15) is 44.5 Å². The van der Waals surface area contributed by atoms with Gasteiger partial charge in [0.25, 0.3) is 0 Å². The maximum atomic E-state index is 2.47. The van der Waals surface area contributed by atoms with Crippen LogP contribution in [0.4, 0.5) is 0 Å². The Hall–Kier alpha value is -11.3. The van der Waals surface area contributed by atoms with Gasteiger partial charge in [-0.05, 0) is 145 Å². The molecule has 2 heterocycles. The molecule has 0 saturated heterocycles. The molecule has 16 rings (SSSR count). The average Bonchev–Trinajstić information content (AvgIpc) is 2.71. The van der Waals surface area contributed by atoms with E-state index in [0.717, 1.165) is 50.2 Å². The Morgan fingerprint density at radius 1 is 0.182 bits per heavy atom. The van der Waals surface area contributed by atoms with E-state index in [1.165, 1.54) is 82.6 Å². The molecule has 0 fully saturated rings. The van der Waals surface area contributed by atoms with Crippen LogP contribution in [0.25, 0.3) is 88.4 Å².